The first-order valence-electron chi connectivity index (χ1n) is 7.87. The summed E-state index contributed by atoms with van der Waals surface area (Å²) in [6.45, 7) is 0.848. The standard InChI is InChI=1S/C18H20N4O2/c19-18(23)22(24)13-16-11-15-7-1-2-8-17(15)21(16)10-4-6-14-5-3-9-20-12-14/h1-3,5,7-9,11-12,24H,4,6,10,13H2,(H2,19,23). The number of benzene rings is 1. The number of hydroxylamine groups is 2. The highest BCUT2D eigenvalue weighted by atomic mass is 16.5. The smallest absolute Gasteiger partial charge is 0.338 e. The molecule has 0 atom stereocenters. The fraction of sp³-hybridized carbons (Fsp3) is 0.222. The number of carbonyl (C=O) groups excluding carboxylic acids is 1. The summed E-state index contributed by atoms with van der Waals surface area (Å²) in [6.07, 6.45) is 5.48. The van der Waals surface area contributed by atoms with Crippen LogP contribution in [0.15, 0.2) is 54.9 Å². The number of para-hydroxylation sites is 1. The minimum absolute atomic E-state index is 0.0664. The van der Waals surface area contributed by atoms with Crippen molar-refractivity contribution >= 4 is 16.9 Å². The van der Waals surface area contributed by atoms with E-state index in [9.17, 15) is 10.0 Å². The molecule has 0 aliphatic carbocycles. The monoisotopic (exact) mass is 324 g/mol. The predicted molar refractivity (Wildman–Crippen MR) is 91.4 cm³/mol. The summed E-state index contributed by atoms with van der Waals surface area (Å²) in [4.78, 5) is 15.2. The average molecular weight is 324 g/mol. The van der Waals surface area contributed by atoms with Crippen molar-refractivity contribution in [3.8, 4) is 0 Å². The van der Waals surface area contributed by atoms with Crippen LogP contribution in [0.25, 0.3) is 10.9 Å². The number of pyridine rings is 1. The van der Waals surface area contributed by atoms with Crippen LogP contribution in [0.5, 0.6) is 0 Å². The van der Waals surface area contributed by atoms with E-state index in [1.165, 1.54) is 5.56 Å². The predicted octanol–water partition coefficient (Wildman–Crippen LogP) is 2.94. The third-order valence-electron chi connectivity index (χ3n) is 4.03. The molecule has 24 heavy (non-hydrogen) atoms. The van der Waals surface area contributed by atoms with Gasteiger partial charge in [-0.15, -0.1) is 0 Å². The van der Waals surface area contributed by atoms with Crippen molar-refractivity contribution in [3.63, 3.8) is 0 Å². The maximum absolute atomic E-state index is 11.1. The molecule has 6 heteroatoms. The first-order chi connectivity index (χ1) is 11.6. The van der Waals surface area contributed by atoms with Gasteiger partial charge in [-0.3, -0.25) is 10.2 Å². The SMILES string of the molecule is NC(=O)N(O)Cc1cc2ccccc2n1CCCc1cccnc1. The quantitative estimate of drug-likeness (QED) is 0.540. The fourth-order valence-corrected chi connectivity index (χ4v) is 2.88. The van der Waals surface area contributed by atoms with E-state index in [4.69, 9.17) is 5.73 Å². The van der Waals surface area contributed by atoms with Crippen molar-refractivity contribution in [1.82, 2.24) is 14.6 Å². The molecule has 3 aromatic rings. The Bertz CT molecular complexity index is 829. The van der Waals surface area contributed by atoms with Crippen molar-refractivity contribution in [2.45, 2.75) is 25.9 Å². The van der Waals surface area contributed by atoms with E-state index < -0.39 is 6.03 Å². The summed E-state index contributed by atoms with van der Waals surface area (Å²) < 4.78 is 2.12. The number of rotatable bonds is 6. The second-order valence-electron chi connectivity index (χ2n) is 5.71. The molecular weight excluding hydrogens is 304 g/mol. The van der Waals surface area contributed by atoms with E-state index in [0.29, 0.717) is 5.06 Å². The Morgan fingerprint density at radius 3 is 2.83 bits per heavy atom. The molecule has 0 bridgehead atoms. The largest absolute Gasteiger partial charge is 0.350 e. The van der Waals surface area contributed by atoms with Crippen LogP contribution in [0.1, 0.15) is 17.7 Å². The van der Waals surface area contributed by atoms with Crippen LogP contribution in [0, 0.1) is 0 Å². The van der Waals surface area contributed by atoms with Gasteiger partial charge in [0.2, 0.25) is 0 Å². The van der Waals surface area contributed by atoms with Crippen molar-refractivity contribution in [1.29, 1.82) is 0 Å². The van der Waals surface area contributed by atoms with E-state index in [0.717, 1.165) is 36.0 Å². The molecule has 0 saturated carbocycles. The lowest BCUT2D eigenvalue weighted by atomic mass is 10.1. The Labute approximate surface area is 140 Å². The number of nitrogens with zero attached hydrogens (tertiary/aromatic N) is 3. The summed E-state index contributed by atoms with van der Waals surface area (Å²) in [7, 11) is 0. The van der Waals surface area contributed by atoms with Crippen LogP contribution in [-0.2, 0) is 19.5 Å². The molecule has 2 heterocycles. The van der Waals surface area contributed by atoms with Crippen molar-refractivity contribution in [2.75, 3.05) is 0 Å². The highest BCUT2D eigenvalue weighted by molar-refractivity contribution is 5.81. The van der Waals surface area contributed by atoms with Crippen molar-refractivity contribution in [2.24, 2.45) is 5.73 Å². The highest BCUT2D eigenvalue weighted by Gasteiger charge is 2.13. The lowest BCUT2D eigenvalue weighted by molar-refractivity contribution is -0.0485. The molecule has 0 radical (unpaired) electrons. The van der Waals surface area contributed by atoms with E-state index in [-0.39, 0.29) is 6.54 Å². The summed E-state index contributed by atoms with van der Waals surface area (Å²) >= 11 is 0. The zero-order valence-corrected chi connectivity index (χ0v) is 13.3. The minimum Gasteiger partial charge on any atom is -0.350 e. The van der Waals surface area contributed by atoms with Crippen LogP contribution < -0.4 is 5.73 Å². The second kappa shape index (κ2) is 7.14. The molecule has 0 unspecified atom stereocenters. The summed E-state index contributed by atoms with van der Waals surface area (Å²) in [5.41, 5.74) is 8.25. The van der Waals surface area contributed by atoms with Gasteiger partial charge in [0, 0.05) is 30.1 Å². The Hall–Kier alpha value is -2.86. The van der Waals surface area contributed by atoms with Crippen LogP contribution >= 0.6 is 0 Å². The normalized spacial score (nSPS) is 10.9. The van der Waals surface area contributed by atoms with Gasteiger partial charge in [0.05, 0.1) is 6.54 Å². The second-order valence-corrected chi connectivity index (χ2v) is 5.71. The molecule has 3 N–H and O–H groups in total. The van der Waals surface area contributed by atoms with Gasteiger partial charge >= 0.3 is 6.03 Å². The van der Waals surface area contributed by atoms with E-state index in [1.54, 1.807) is 6.20 Å². The Balaban J connectivity index is 1.80. The van der Waals surface area contributed by atoms with E-state index in [2.05, 4.69) is 15.6 Å². The molecule has 124 valence electrons. The third-order valence-corrected chi connectivity index (χ3v) is 4.03. The van der Waals surface area contributed by atoms with Gasteiger partial charge in [0.25, 0.3) is 0 Å². The Kier molecular flexibility index (Phi) is 4.77. The molecule has 0 aliphatic rings. The maximum Gasteiger partial charge on any atom is 0.338 e. The number of carbonyl (C=O) groups is 1. The number of fused-ring (bicyclic) bond motifs is 1. The van der Waals surface area contributed by atoms with Gasteiger partial charge in [0.15, 0.2) is 0 Å². The number of hydrogen-bond acceptors (Lipinski definition) is 3. The third kappa shape index (κ3) is 3.55. The molecule has 6 nitrogen and oxygen atoms in total. The number of hydrogen-bond donors (Lipinski definition) is 2. The average Bonchev–Trinajstić information content (AvgIpc) is 2.93. The van der Waals surface area contributed by atoms with Gasteiger partial charge in [-0.1, -0.05) is 24.3 Å². The molecule has 0 saturated heterocycles. The van der Waals surface area contributed by atoms with Crippen LogP contribution in [0.3, 0.4) is 0 Å². The van der Waals surface area contributed by atoms with Crippen molar-refractivity contribution < 1.29 is 10.0 Å². The van der Waals surface area contributed by atoms with Crippen molar-refractivity contribution in [3.05, 3.63) is 66.1 Å². The lowest BCUT2D eigenvalue weighted by Crippen LogP contribution is -2.32. The van der Waals surface area contributed by atoms with Crippen LogP contribution in [0.4, 0.5) is 4.79 Å². The zero-order chi connectivity index (χ0) is 16.9. The number of aryl methyl sites for hydroxylation is 2. The molecule has 0 aliphatic heterocycles. The summed E-state index contributed by atoms with van der Waals surface area (Å²) in [5, 5.41) is 11.3. The highest BCUT2D eigenvalue weighted by Crippen LogP contribution is 2.21. The summed E-state index contributed by atoms with van der Waals surface area (Å²) in [5.74, 6) is 0. The Morgan fingerprint density at radius 1 is 1.25 bits per heavy atom. The molecular formula is C18H20N4O2. The first-order valence-corrected chi connectivity index (χ1v) is 7.87. The van der Waals surface area contributed by atoms with E-state index >= 15 is 0 Å². The lowest BCUT2D eigenvalue weighted by Gasteiger charge is -2.15. The van der Waals surface area contributed by atoms with E-state index in [1.807, 2.05) is 42.6 Å². The number of amides is 2. The number of aromatic nitrogens is 2. The molecule has 0 spiro atoms. The zero-order valence-electron chi connectivity index (χ0n) is 13.3. The van der Waals surface area contributed by atoms with Crippen LogP contribution in [0.2, 0.25) is 0 Å². The molecule has 0 fully saturated rings. The first kappa shape index (κ1) is 16.0. The van der Waals surface area contributed by atoms with Gasteiger partial charge < -0.3 is 10.3 Å². The van der Waals surface area contributed by atoms with Gasteiger partial charge in [-0.05, 0) is 42.0 Å². The fourth-order valence-electron chi connectivity index (χ4n) is 2.88. The molecule has 2 amide bonds. The Morgan fingerprint density at radius 2 is 2.08 bits per heavy atom. The van der Waals surface area contributed by atoms with Gasteiger partial charge in [-0.2, -0.15) is 0 Å². The topological polar surface area (TPSA) is 84.4 Å². The molecule has 2 aromatic heterocycles. The minimum atomic E-state index is -0.859. The molecule has 3 rings (SSSR count). The summed E-state index contributed by atoms with van der Waals surface area (Å²) in [6, 6.07) is 13.1. The maximum atomic E-state index is 11.1. The number of urea groups is 1. The van der Waals surface area contributed by atoms with Gasteiger partial charge in [0.1, 0.15) is 0 Å². The molecule has 1 aromatic carbocycles. The number of primary amides is 1. The number of nitrogens with two attached hydrogens (primary N) is 1. The van der Waals surface area contributed by atoms with Gasteiger partial charge in [-0.25, -0.2) is 9.86 Å². The van der Waals surface area contributed by atoms with Crippen LogP contribution in [-0.4, -0.2) is 25.9 Å².